The fourth-order valence-electron chi connectivity index (χ4n) is 3.37. The second-order valence-electron chi connectivity index (χ2n) is 7.32. The minimum Gasteiger partial charge on any atom is -0.497 e. The van der Waals surface area contributed by atoms with Crippen molar-refractivity contribution in [3.63, 3.8) is 0 Å². The zero-order valence-corrected chi connectivity index (χ0v) is 22.3. The molecule has 34 heavy (non-hydrogen) atoms. The molecule has 0 unspecified atom stereocenters. The molecule has 0 amide bonds. The Balaban J connectivity index is 1.65. The van der Waals surface area contributed by atoms with E-state index in [0.29, 0.717) is 36.1 Å². The zero-order chi connectivity index (χ0) is 24.1. The number of nitrogens with zero attached hydrogens (tertiary/aromatic N) is 2. The Labute approximate surface area is 219 Å². The van der Waals surface area contributed by atoms with Gasteiger partial charge >= 0.3 is 0 Å². The number of ether oxygens (including phenoxy) is 3. The molecule has 0 spiro atoms. The van der Waals surface area contributed by atoms with E-state index in [4.69, 9.17) is 14.2 Å². The first-order valence-electron chi connectivity index (χ1n) is 10.5. The fraction of sp³-hybridized carbons (Fsp3) is 0.154. The first-order valence-corrected chi connectivity index (χ1v) is 12.4. The number of nitriles is 1. The van der Waals surface area contributed by atoms with Crippen LogP contribution in [0.4, 0.5) is 0 Å². The third-order valence-electron chi connectivity index (χ3n) is 5.00. The van der Waals surface area contributed by atoms with E-state index in [0.717, 1.165) is 36.0 Å². The van der Waals surface area contributed by atoms with Crippen molar-refractivity contribution in [2.45, 2.75) is 13.5 Å². The average molecular weight is 630 g/mol. The number of hydrogen-bond donors (Lipinski definition) is 1. The molecular formula is C26H21BrIN3O3. The minimum absolute atomic E-state index is 0.414. The third-order valence-corrected chi connectivity index (χ3v) is 6.33. The summed E-state index contributed by atoms with van der Waals surface area (Å²) in [5.41, 5.74) is 3.85. The van der Waals surface area contributed by atoms with Gasteiger partial charge in [0.25, 0.3) is 0 Å². The molecule has 0 saturated heterocycles. The van der Waals surface area contributed by atoms with Crippen LogP contribution < -0.4 is 14.2 Å². The summed E-state index contributed by atoms with van der Waals surface area (Å²) in [7, 11) is 1.61. The Morgan fingerprint density at radius 1 is 1.15 bits per heavy atom. The Kier molecular flexibility index (Phi) is 7.75. The Bertz CT molecular complexity index is 1390. The number of nitrogens with one attached hydrogen (secondary N) is 1. The highest BCUT2D eigenvalue weighted by molar-refractivity contribution is 14.1. The number of aromatic amines is 1. The van der Waals surface area contributed by atoms with Gasteiger partial charge in [-0.3, -0.25) is 0 Å². The SMILES string of the molecule is CCOc1cc(/C=C(/C#N)c2nc3ccc(OC)cc3[nH]2)cc(I)c1OCc1ccc(Br)cc1. The molecule has 0 radical (unpaired) electrons. The molecule has 1 N–H and O–H groups in total. The smallest absolute Gasteiger partial charge is 0.175 e. The van der Waals surface area contributed by atoms with E-state index in [1.54, 1.807) is 13.2 Å². The molecule has 1 aromatic heterocycles. The third kappa shape index (κ3) is 5.54. The van der Waals surface area contributed by atoms with Gasteiger partial charge in [0.15, 0.2) is 11.5 Å². The lowest BCUT2D eigenvalue weighted by atomic mass is 10.1. The van der Waals surface area contributed by atoms with Crippen LogP contribution in [0, 0.1) is 14.9 Å². The van der Waals surface area contributed by atoms with E-state index >= 15 is 0 Å². The quantitative estimate of drug-likeness (QED) is 0.168. The number of allylic oxidation sites excluding steroid dienone is 1. The predicted molar refractivity (Wildman–Crippen MR) is 145 cm³/mol. The van der Waals surface area contributed by atoms with Gasteiger partial charge in [0.2, 0.25) is 0 Å². The second-order valence-corrected chi connectivity index (χ2v) is 9.39. The van der Waals surface area contributed by atoms with E-state index in [1.165, 1.54) is 0 Å². The van der Waals surface area contributed by atoms with Crippen molar-refractivity contribution in [3.05, 3.63) is 79.6 Å². The van der Waals surface area contributed by atoms with Gasteiger partial charge in [0.05, 0.1) is 33.9 Å². The van der Waals surface area contributed by atoms with Crippen LogP contribution in [-0.4, -0.2) is 23.7 Å². The van der Waals surface area contributed by atoms with Crippen molar-refractivity contribution >= 4 is 61.2 Å². The maximum atomic E-state index is 9.83. The van der Waals surface area contributed by atoms with Crippen LogP contribution in [-0.2, 0) is 6.61 Å². The second kappa shape index (κ2) is 10.9. The van der Waals surface area contributed by atoms with Crippen molar-refractivity contribution in [1.29, 1.82) is 5.26 Å². The Morgan fingerprint density at radius 3 is 2.65 bits per heavy atom. The van der Waals surface area contributed by atoms with Crippen molar-refractivity contribution in [2.75, 3.05) is 13.7 Å². The van der Waals surface area contributed by atoms with Gasteiger partial charge in [0.1, 0.15) is 24.3 Å². The monoisotopic (exact) mass is 629 g/mol. The molecule has 4 aromatic rings. The molecule has 4 rings (SSSR count). The maximum absolute atomic E-state index is 9.83. The molecule has 0 saturated carbocycles. The summed E-state index contributed by atoms with van der Waals surface area (Å²) in [5, 5.41) is 9.83. The molecule has 0 aliphatic heterocycles. The Morgan fingerprint density at radius 2 is 1.94 bits per heavy atom. The predicted octanol–water partition coefficient (Wildman–Crippen LogP) is 6.98. The highest BCUT2D eigenvalue weighted by Crippen LogP contribution is 2.36. The molecule has 0 aliphatic rings. The number of aromatic nitrogens is 2. The largest absolute Gasteiger partial charge is 0.497 e. The van der Waals surface area contributed by atoms with Gasteiger partial charge in [-0.1, -0.05) is 28.1 Å². The van der Waals surface area contributed by atoms with Gasteiger partial charge in [-0.05, 0) is 83.1 Å². The summed E-state index contributed by atoms with van der Waals surface area (Å²) in [6, 6.07) is 19.6. The van der Waals surface area contributed by atoms with Crippen molar-refractivity contribution in [2.24, 2.45) is 0 Å². The van der Waals surface area contributed by atoms with Crippen LogP contribution in [0.3, 0.4) is 0 Å². The molecule has 0 aliphatic carbocycles. The lowest BCUT2D eigenvalue weighted by Crippen LogP contribution is -2.02. The molecule has 0 atom stereocenters. The number of halogens is 2. The van der Waals surface area contributed by atoms with Gasteiger partial charge in [0, 0.05) is 10.5 Å². The van der Waals surface area contributed by atoms with Gasteiger partial charge < -0.3 is 19.2 Å². The minimum atomic E-state index is 0.414. The van der Waals surface area contributed by atoms with E-state index in [9.17, 15) is 5.26 Å². The van der Waals surface area contributed by atoms with E-state index < -0.39 is 0 Å². The standard InChI is InChI=1S/C26H21BrIN3O3/c1-3-33-24-12-17(11-21(28)25(24)34-15-16-4-6-19(27)7-5-16)10-18(14-29)26-30-22-9-8-20(32-2)13-23(22)31-26/h4-13H,3,15H2,1-2H3,(H,30,31)/b18-10-. The number of fused-ring (bicyclic) bond motifs is 1. The highest BCUT2D eigenvalue weighted by Gasteiger charge is 2.14. The first kappa shape index (κ1) is 24.1. The lowest BCUT2D eigenvalue weighted by molar-refractivity contribution is 0.267. The zero-order valence-electron chi connectivity index (χ0n) is 18.6. The number of benzene rings is 3. The Hall–Kier alpha value is -3.03. The number of hydrogen-bond acceptors (Lipinski definition) is 5. The normalized spacial score (nSPS) is 11.3. The molecule has 1 heterocycles. The van der Waals surface area contributed by atoms with Crippen molar-refractivity contribution in [3.8, 4) is 23.3 Å². The van der Waals surface area contributed by atoms with Crippen molar-refractivity contribution in [1.82, 2.24) is 9.97 Å². The molecule has 0 bridgehead atoms. The summed E-state index contributed by atoms with van der Waals surface area (Å²) >= 11 is 5.68. The summed E-state index contributed by atoms with van der Waals surface area (Å²) in [4.78, 5) is 7.77. The number of rotatable bonds is 8. The summed E-state index contributed by atoms with van der Waals surface area (Å²) < 4.78 is 19.2. The van der Waals surface area contributed by atoms with Crippen LogP contribution in [0.1, 0.15) is 23.9 Å². The summed E-state index contributed by atoms with van der Waals surface area (Å²) in [5.74, 6) is 2.52. The maximum Gasteiger partial charge on any atom is 0.175 e. The first-order chi connectivity index (χ1) is 16.5. The van der Waals surface area contributed by atoms with Crippen LogP contribution >= 0.6 is 38.5 Å². The van der Waals surface area contributed by atoms with E-state index in [-0.39, 0.29) is 0 Å². The molecule has 8 heteroatoms. The van der Waals surface area contributed by atoms with Crippen LogP contribution in [0.15, 0.2) is 59.1 Å². The fourth-order valence-corrected chi connectivity index (χ4v) is 4.42. The molecule has 3 aromatic carbocycles. The highest BCUT2D eigenvalue weighted by atomic mass is 127. The van der Waals surface area contributed by atoms with Gasteiger partial charge in [-0.25, -0.2) is 4.98 Å². The summed E-state index contributed by atoms with van der Waals surface area (Å²) in [6.07, 6.45) is 1.79. The topological polar surface area (TPSA) is 80.2 Å². The van der Waals surface area contributed by atoms with E-state index in [2.05, 4.69) is 54.6 Å². The number of H-pyrrole nitrogens is 1. The van der Waals surface area contributed by atoms with Crippen molar-refractivity contribution < 1.29 is 14.2 Å². The molecule has 172 valence electrons. The lowest BCUT2D eigenvalue weighted by Gasteiger charge is -2.15. The molecule has 0 fully saturated rings. The van der Waals surface area contributed by atoms with Crippen LogP contribution in [0.2, 0.25) is 0 Å². The average Bonchev–Trinajstić information content (AvgIpc) is 3.26. The van der Waals surface area contributed by atoms with Crippen LogP contribution in [0.25, 0.3) is 22.7 Å². The number of methoxy groups -OCH3 is 1. The van der Waals surface area contributed by atoms with Gasteiger partial charge in [-0.2, -0.15) is 5.26 Å². The molecule has 6 nitrogen and oxygen atoms in total. The summed E-state index contributed by atoms with van der Waals surface area (Å²) in [6.45, 7) is 2.84. The van der Waals surface area contributed by atoms with Gasteiger partial charge in [-0.15, -0.1) is 0 Å². The van der Waals surface area contributed by atoms with E-state index in [1.807, 2.05) is 61.5 Å². The number of imidazole rings is 1. The van der Waals surface area contributed by atoms with Crippen LogP contribution in [0.5, 0.6) is 17.2 Å². The molecular weight excluding hydrogens is 609 g/mol.